The Balaban J connectivity index is 2.45. The van der Waals surface area contributed by atoms with Crippen molar-refractivity contribution < 1.29 is 14.4 Å². The molecular weight excluding hydrogens is 148 g/mol. The van der Waals surface area contributed by atoms with Crippen LogP contribution in [-0.4, -0.2) is 16.4 Å². The van der Waals surface area contributed by atoms with E-state index >= 15 is 0 Å². The lowest BCUT2D eigenvalue weighted by atomic mass is 10.4. The lowest BCUT2D eigenvalue weighted by Crippen LogP contribution is -2.19. The van der Waals surface area contributed by atoms with E-state index in [1.54, 1.807) is 13.0 Å². The molecule has 5 nitrogen and oxygen atoms in total. The van der Waals surface area contributed by atoms with E-state index in [-0.39, 0.29) is 6.54 Å². The fourth-order valence-corrected chi connectivity index (χ4v) is 0.667. The number of rotatable bonds is 2. The molecule has 0 aromatic carbocycles. The molecule has 0 bridgehead atoms. The molecule has 0 aliphatic carbocycles. The molecule has 1 rings (SSSR count). The summed E-state index contributed by atoms with van der Waals surface area (Å²) in [7, 11) is 0. The van der Waals surface area contributed by atoms with Gasteiger partial charge in [-0.05, 0) is 6.92 Å². The van der Waals surface area contributed by atoms with Gasteiger partial charge >= 0.3 is 6.09 Å². The molecule has 0 radical (unpaired) electrons. The lowest BCUT2D eigenvalue weighted by molar-refractivity contribution is 0.193. The Morgan fingerprint density at radius 3 is 3.09 bits per heavy atom. The highest BCUT2D eigenvalue weighted by molar-refractivity contribution is 5.64. The number of amides is 1. The third-order valence-electron chi connectivity index (χ3n) is 1.10. The Hall–Kier alpha value is -1.52. The van der Waals surface area contributed by atoms with Gasteiger partial charge in [0, 0.05) is 6.07 Å². The summed E-state index contributed by atoms with van der Waals surface area (Å²) in [6.07, 6.45) is -1.06. The smallest absolute Gasteiger partial charge is 0.404 e. The molecule has 0 aliphatic rings. The maximum atomic E-state index is 10.0. The predicted octanol–water partition coefficient (Wildman–Crippen LogP) is 0.751. The normalized spacial score (nSPS) is 9.55. The summed E-state index contributed by atoms with van der Waals surface area (Å²) in [5.41, 5.74) is 0.588. The van der Waals surface area contributed by atoms with Crippen molar-refractivity contribution in [2.45, 2.75) is 13.5 Å². The highest BCUT2D eigenvalue weighted by Crippen LogP contribution is 1.99. The van der Waals surface area contributed by atoms with Gasteiger partial charge in [-0.3, -0.25) is 0 Å². The molecule has 0 spiro atoms. The zero-order valence-corrected chi connectivity index (χ0v) is 6.00. The van der Waals surface area contributed by atoms with Crippen molar-refractivity contribution in [3.63, 3.8) is 0 Å². The van der Waals surface area contributed by atoms with Gasteiger partial charge in [0.1, 0.15) is 11.5 Å². The third-order valence-corrected chi connectivity index (χ3v) is 1.10. The monoisotopic (exact) mass is 156 g/mol. The first-order valence-corrected chi connectivity index (χ1v) is 3.07. The molecular formula is C6H8N2O3. The number of hydrogen-bond donors (Lipinski definition) is 2. The Morgan fingerprint density at radius 1 is 1.91 bits per heavy atom. The van der Waals surface area contributed by atoms with Gasteiger partial charge in [-0.15, -0.1) is 0 Å². The van der Waals surface area contributed by atoms with Crippen LogP contribution >= 0.6 is 0 Å². The SMILES string of the molecule is Cc1cc(CNC(=O)O)no1. The maximum Gasteiger partial charge on any atom is 0.404 e. The summed E-state index contributed by atoms with van der Waals surface area (Å²) in [5, 5.41) is 14.0. The second-order valence-corrected chi connectivity index (χ2v) is 2.09. The Labute approximate surface area is 63.0 Å². The summed E-state index contributed by atoms with van der Waals surface area (Å²) in [5.74, 6) is 0.673. The number of aryl methyl sites for hydroxylation is 1. The first kappa shape index (κ1) is 7.59. The van der Waals surface area contributed by atoms with E-state index in [1.165, 1.54) is 0 Å². The Morgan fingerprint density at radius 2 is 2.64 bits per heavy atom. The van der Waals surface area contributed by atoms with E-state index in [4.69, 9.17) is 9.63 Å². The van der Waals surface area contributed by atoms with Crippen molar-refractivity contribution >= 4 is 6.09 Å². The number of hydrogen-bond acceptors (Lipinski definition) is 3. The summed E-state index contributed by atoms with van der Waals surface area (Å²) in [6.45, 7) is 1.93. The molecule has 60 valence electrons. The zero-order valence-electron chi connectivity index (χ0n) is 6.00. The van der Waals surface area contributed by atoms with E-state index in [1.807, 2.05) is 0 Å². The van der Waals surface area contributed by atoms with Gasteiger partial charge < -0.3 is 14.9 Å². The molecule has 1 aromatic rings. The molecule has 1 heterocycles. The number of nitrogens with zero attached hydrogens (tertiary/aromatic N) is 1. The molecule has 2 N–H and O–H groups in total. The first-order valence-electron chi connectivity index (χ1n) is 3.07. The average Bonchev–Trinajstić information content (AvgIpc) is 2.31. The molecule has 1 amide bonds. The van der Waals surface area contributed by atoms with Crippen molar-refractivity contribution in [2.75, 3.05) is 0 Å². The van der Waals surface area contributed by atoms with Crippen molar-refractivity contribution in [2.24, 2.45) is 0 Å². The van der Waals surface area contributed by atoms with Crippen LogP contribution in [0.15, 0.2) is 10.6 Å². The molecule has 0 atom stereocenters. The standard InChI is InChI=1S/C6H8N2O3/c1-4-2-5(8-11-4)3-7-6(9)10/h2,7H,3H2,1H3,(H,9,10). The van der Waals surface area contributed by atoms with Crippen molar-refractivity contribution in [3.8, 4) is 0 Å². The van der Waals surface area contributed by atoms with Crippen LogP contribution in [0.1, 0.15) is 11.5 Å². The van der Waals surface area contributed by atoms with Gasteiger partial charge in [0.05, 0.1) is 6.54 Å². The van der Waals surface area contributed by atoms with Gasteiger partial charge in [-0.25, -0.2) is 4.79 Å². The highest BCUT2D eigenvalue weighted by Gasteiger charge is 2.00. The second kappa shape index (κ2) is 3.05. The fraction of sp³-hybridized carbons (Fsp3) is 0.333. The molecule has 0 unspecified atom stereocenters. The number of carboxylic acid groups (broad SMARTS) is 1. The summed E-state index contributed by atoms with van der Waals surface area (Å²) < 4.78 is 4.71. The first-order chi connectivity index (χ1) is 5.18. The summed E-state index contributed by atoms with van der Waals surface area (Å²) in [4.78, 5) is 10.0. The Kier molecular flexibility index (Phi) is 2.10. The molecule has 0 aliphatic heterocycles. The van der Waals surface area contributed by atoms with Gasteiger partial charge in [-0.1, -0.05) is 5.16 Å². The molecule has 5 heteroatoms. The topological polar surface area (TPSA) is 75.4 Å². The molecule has 0 saturated heterocycles. The van der Waals surface area contributed by atoms with Crippen molar-refractivity contribution in [1.29, 1.82) is 0 Å². The predicted molar refractivity (Wildman–Crippen MR) is 36.1 cm³/mol. The van der Waals surface area contributed by atoms with Gasteiger partial charge in [0.15, 0.2) is 0 Å². The quantitative estimate of drug-likeness (QED) is 0.662. The largest absolute Gasteiger partial charge is 0.465 e. The van der Waals surface area contributed by atoms with E-state index in [0.29, 0.717) is 11.5 Å². The van der Waals surface area contributed by atoms with Crippen LogP contribution in [0.5, 0.6) is 0 Å². The maximum absolute atomic E-state index is 10.0. The van der Waals surface area contributed by atoms with Gasteiger partial charge in [0.25, 0.3) is 0 Å². The van der Waals surface area contributed by atoms with E-state index in [0.717, 1.165) is 0 Å². The summed E-state index contributed by atoms with van der Waals surface area (Å²) in [6, 6.07) is 1.68. The van der Waals surface area contributed by atoms with E-state index in [2.05, 4.69) is 10.5 Å². The van der Waals surface area contributed by atoms with Crippen LogP contribution in [0.3, 0.4) is 0 Å². The minimum Gasteiger partial charge on any atom is -0.465 e. The summed E-state index contributed by atoms with van der Waals surface area (Å²) >= 11 is 0. The lowest BCUT2D eigenvalue weighted by Gasteiger charge is -1.92. The van der Waals surface area contributed by atoms with Crippen LogP contribution in [-0.2, 0) is 6.54 Å². The van der Waals surface area contributed by atoms with E-state index < -0.39 is 6.09 Å². The van der Waals surface area contributed by atoms with Crippen molar-refractivity contribution in [1.82, 2.24) is 10.5 Å². The van der Waals surface area contributed by atoms with Gasteiger partial charge in [0.2, 0.25) is 0 Å². The van der Waals surface area contributed by atoms with Crippen LogP contribution in [0.4, 0.5) is 4.79 Å². The fourth-order valence-electron chi connectivity index (χ4n) is 0.667. The van der Waals surface area contributed by atoms with Crippen LogP contribution in [0.25, 0.3) is 0 Å². The van der Waals surface area contributed by atoms with Crippen LogP contribution < -0.4 is 5.32 Å². The average molecular weight is 156 g/mol. The molecule has 0 fully saturated rings. The van der Waals surface area contributed by atoms with Crippen LogP contribution in [0, 0.1) is 6.92 Å². The number of carbonyl (C=O) groups is 1. The zero-order chi connectivity index (χ0) is 8.27. The van der Waals surface area contributed by atoms with Crippen molar-refractivity contribution in [3.05, 3.63) is 17.5 Å². The third kappa shape index (κ3) is 2.29. The minimum atomic E-state index is -1.06. The molecule has 0 saturated carbocycles. The molecule has 1 aromatic heterocycles. The molecule has 11 heavy (non-hydrogen) atoms. The highest BCUT2D eigenvalue weighted by atomic mass is 16.5. The number of aromatic nitrogens is 1. The second-order valence-electron chi connectivity index (χ2n) is 2.09. The number of nitrogens with one attached hydrogen (secondary N) is 1. The van der Waals surface area contributed by atoms with E-state index in [9.17, 15) is 4.79 Å². The minimum absolute atomic E-state index is 0.187. The Bertz CT molecular complexity index is 256. The van der Waals surface area contributed by atoms with Gasteiger partial charge in [-0.2, -0.15) is 0 Å². The van der Waals surface area contributed by atoms with Crippen LogP contribution in [0.2, 0.25) is 0 Å².